The maximum Gasteiger partial charge on any atom is 0.164 e. The highest BCUT2D eigenvalue weighted by atomic mass is 32.1. The van der Waals surface area contributed by atoms with Crippen LogP contribution in [0.3, 0.4) is 0 Å². The molecule has 0 fully saturated rings. The molecule has 0 N–H and O–H groups in total. The molecule has 0 saturated heterocycles. The second kappa shape index (κ2) is 13.3. The Kier molecular flexibility index (Phi) is 6.10. The number of aromatic nitrogens is 4. The molecule has 4 nitrogen and oxygen atoms in total. The summed E-state index contributed by atoms with van der Waals surface area (Å²) in [5, 5.41) is 2.30. The molecule has 3 heterocycles. The van der Waals surface area contributed by atoms with Crippen LogP contribution in [0.4, 0.5) is 0 Å². The van der Waals surface area contributed by atoms with E-state index in [1.807, 2.05) is 127 Å². The van der Waals surface area contributed by atoms with Crippen molar-refractivity contribution in [1.29, 1.82) is 0 Å². The van der Waals surface area contributed by atoms with Crippen LogP contribution in [0.1, 0.15) is 9.60 Å². The second-order valence-corrected chi connectivity index (χ2v) is 14.6. The van der Waals surface area contributed by atoms with Crippen LogP contribution in [0.25, 0.3) is 104 Å². The van der Waals surface area contributed by atoms with E-state index < -0.39 is 12.1 Å². The van der Waals surface area contributed by atoms with Gasteiger partial charge in [0.05, 0.1) is 20.6 Å². The second-order valence-electron chi connectivity index (χ2n) is 13.5. The van der Waals surface area contributed by atoms with Gasteiger partial charge in [-0.25, -0.2) is 15.0 Å². The summed E-state index contributed by atoms with van der Waals surface area (Å²) in [6, 6.07) is 47.0. The quantitative estimate of drug-likeness (QED) is 0.171. The topological polar surface area (TPSA) is 43.6 Å². The molecule has 5 heteroatoms. The highest BCUT2D eigenvalue weighted by molar-refractivity contribution is 7.26. The summed E-state index contributed by atoms with van der Waals surface area (Å²) in [7, 11) is 0. The molecule has 0 unspecified atom stereocenters. The number of nitrogens with zero attached hydrogens (tertiary/aromatic N) is 4. The Morgan fingerprint density at radius 2 is 1.02 bits per heavy atom. The number of rotatable bonds is 6. The van der Waals surface area contributed by atoms with Gasteiger partial charge in [0.2, 0.25) is 0 Å². The number of para-hydroxylation sites is 1. The van der Waals surface area contributed by atoms with E-state index >= 15 is 0 Å². The van der Waals surface area contributed by atoms with Crippen LogP contribution in [0.5, 0.6) is 0 Å². The van der Waals surface area contributed by atoms with Crippen molar-refractivity contribution in [2.24, 2.45) is 0 Å². The van der Waals surface area contributed by atoms with Gasteiger partial charge in [0.25, 0.3) is 0 Å². The molecule has 11 rings (SSSR count). The summed E-state index contributed by atoms with van der Waals surface area (Å²) in [4.78, 5) is 14.6. The van der Waals surface area contributed by atoms with Gasteiger partial charge in [0.1, 0.15) is 0 Å². The minimum Gasteiger partial charge on any atom is -0.309 e. The fourth-order valence-electron chi connectivity index (χ4n) is 7.47. The van der Waals surface area contributed by atoms with Crippen LogP contribution in [-0.4, -0.2) is 19.5 Å². The van der Waals surface area contributed by atoms with E-state index in [1.165, 1.54) is 0 Å². The van der Waals surface area contributed by atoms with Crippen molar-refractivity contribution in [3.63, 3.8) is 0 Å². The van der Waals surface area contributed by atoms with Gasteiger partial charge in [-0.3, -0.25) is 0 Å². The fourth-order valence-corrected chi connectivity index (χ4v) is 8.64. The third kappa shape index (κ3) is 5.48. The van der Waals surface area contributed by atoms with E-state index in [1.54, 1.807) is 15.9 Å². The Balaban J connectivity index is 1.16. The first-order chi connectivity index (χ1) is 30.7. The lowest BCUT2D eigenvalue weighted by Crippen LogP contribution is -2.00. The van der Waals surface area contributed by atoms with Gasteiger partial charge < -0.3 is 4.57 Å². The maximum absolute atomic E-state index is 9.88. The molecule has 11 aromatic rings. The van der Waals surface area contributed by atoms with E-state index in [-0.39, 0.29) is 63.4 Å². The summed E-state index contributed by atoms with van der Waals surface area (Å²) in [6.45, 7) is 0. The van der Waals surface area contributed by atoms with Crippen LogP contribution < -0.4 is 0 Å². The molecule has 0 saturated carbocycles. The molecule has 0 atom stereocenters. The van der Waals surface area contributed by atoms with Crippen LogP contribution in [-0.2, 0) is 0 Å². The van der Waals surface area contributed by atoms with Crippen molar-refractivity contribution in [3.8, 4) is 62.1 Å². The molecular weight excluding hydrogens is 701 g/mol. The summed E-state index contributed by atoms with van der Waals surface area (Å²) >= 11 is 1.61. The molecule has 0 bridgehead atoms. The monoisotopic (exact) mass is 739 g/mol. The van der Waals surface area contributed by atoms with E-state index in [4.69, 9.17) is 17.7 Å². The molecule has 0 aliphatic heterocycles. The van der Waals surface area contributed by atoms with Gasteiger partial charge in [-0.2, -0.15) is 0 Å². The molecule has 262 valence electrons. The smallest absolute Gasteiger partial charge is 0.164 e. The third-order valence-corrected chi connectivity index (χ3v) is 11.2. The lowest BCUT2D eigenvalue weighted by Gasteiger charge is -2.10. The van der Waals surface area contributed by atoms with Crippen LogP contribution in [0.2, 0.25) is 0 Å². The number of benzene rings is 8. The van der Waals surface area contributed by atoms with Gasteiger partial charge in [-0.15, -0.1) is 11.3 Å². The van der Waals surface area contributed by atoms with Crippen molar-refractivity contribution in [2.75, 3.05) is 0 Å². The average Bonchev–Trinajstić information content (AvgIpc) is 3.90. The minimum absolute atomic E-state index is 0.000888. The zero-order valence-corrected chi connectivity index (χ0v) is 30.4. The van der Waals surface area contributed by atoms with Crippen LogP contribution in [0.15, 0.2) is 194 Å². The summed E-state index contributed by atoms with van der Waals surface area (Å²) in [5.41, 5.74) is 6.33. The zero-order valence-electron chi connectivity index (χ0n) is 36.6. The highest BCUT2D eigenvalue weighted by Crippen LogP contribution is 2.42. The summed E-state index contributed by atoms with van der Waals surface area (Å²) in [5.74, 6) is 0.615. The molecule has 3 aromatic heterocycles. The Hall–Kier alpha value is -7.21. The number of fused-ring (bicyclic) bond motifs is 6. The first kappa shape index (κ1) is 25.7. The molecular formula is C51H32N4S. The number of thiophene rings is 1. The first-order valence-electron chi connectivity index (χ1n) is 21.7. The molecule has 0 aliphatic rings. The van der Waals surface area contributed by atoms with E-state index in [9.17, 15) is 6.85 Å². The summed E-state index contributed by atoms with van der Waals surface area (Å²) < 4.78 is 68.7. The molecule has 0 radical (unpaired) electrons. The Bertz CT molecular complexity index is 3630. The average molecular weight is 740 g/mol. The van der Waals surface area contributed by atoms with Crippen molar-refractivity contribution in [2.45, 2.75) is 0 Å². The van der Waals surface area contributed by atoms with E-state index in [0.29, 0.717) is 28.5 Å². The Labute approximate surface area is 337 Å². The van der Waals surface area contributed by atoms with Crippen molar-refractivity contribution in [1.82, 2.24) is 19.5 Å². The first-order valence-corrected chi connectivity index (χ1v) is 19.0. The molecule has 0 amide bonds. The lowest BCUT2D eigenvalue weighted by atomic mass is 9.99. The Morgan fingerprint density at radius 1 is 0.429 bits per heavy atom. The molecule has 8 aromatic carbocycles. The Morgan fingerprint density at radius 3 is 1.75 bits per heavy atom. The van der Waals surface area contributed by atoms with Gasteiger partial charge in [0, 0.05) is 53.3 Å². The summed E-state index contributed by atoms with van der Waals surface area (Å²) in [6.07, 6.45) is 0. The van der Waals surface area contributed by atoms with Gasteiger partial charge in [-0.1, -0.05) is 152 Å². The predicted octanol–water partition coefficient (Wildman–Crippen LogP) is 13.7. The van der Waals surface area contributed by atoms with Gasteiger partial charge >= 0.3 is 0 Å². The SMILES string of the molecule is [2H]c1c([2H])c([2H])c2c(c1[2H])c1c([2H])c(-c3nc(-c4ccccc4)nc(-c4ccc(-c5ccccc5)cc4)n3)c([2H])c([2H])c1n2-c1ccc2c(c1)sc1cccc(-c3ccccc3)c12. The lowest BCUT2D eigenvalue weighted by molar-refractivity contribution is 1.07. The minimum atomic E-state index is -0.463. The molecule has 56 heavy (non-hydrogen) atoms. The van der Waals surface area contributed by atoms with E-state index in [2.05, 4.69) is 24.3 Å². The number of hydrogen-bond donors (Lipinski definition) is 0. The normalized spacial score (nSPS) is 13.3. The van der Waals surface area contributed by atoms with Gasteiger partial charge in [0.15, 0.2) is 17.5 Å². The highest BCUT2D eigenvalue weighted by Gasteiger charge is 2.18. The van der Waals surface area contributed by atoms with Gasteiger partial charge in [-0.05, 0) is 64.6 Å². The molecule has 0 aliphatic carbocycles. The number of hydrogen-bond acceptors (Lipinski definition) is 4. The third-order valence-electron chi connectivity index (χ3n) is 10.1. The predicted molar refractivity (Wildman–Crippen MR) is 234 cm³/mol. The van der Waals surface area contributed by atoms with Crippen LogP contribution >= 0.6 is 11.3 Å². The van der Waals surface area contributed by atoms with Crippen molar-refractivity contribution < 1.29 is 9.60 Å². The van der Waals surface area contributed by atoms with E-state index in [0.717, 1.165) is 42.4 Å². The fraction of sp³-hybridized carbons (Fsp3) is 0. The molecule has 0 spiro atoms. The zero-order chi connectivity index (χ0) is 43.1. The standard InChI is InChI=1S/C51H32N4S/c1-4-13-33(14-5-1)34-23-25-37(26-24-34)50-52-49(36-17-8-3-9-18-36)53-51(54-50)38-27-30-45-43(31-38)41-19-10-11-21-44(41)55(45)39-28-29-42-47(32-39)56-46-22-12-20-40(48(42)46)35-15-6-2-7-16-35/h1-32H/i10D,11D,19D,21D,27D,30D,31D. The largest absolute Gasteiger partial charge is 0.309 e. The van der Waals surface area contributed by atoms with Crippen molar-refractivity contribution >= 4 is 53.3 Å². The van der Waals surface area contributed by atoms with Crippen molar-refractivity contribution in [3.05, 3.63) is 194 Å². The van der Waals surface area contributed by atoms with Crippen LogP contribution in [0, 0.1) is 0 Å². The maximum atomic E-state index is 9.88.